The second-order valence-corrected chi connectivity index (χ2v) is 9.78. The molecule has 3 aromatic carbocycles. The van der Waals surface area contributed by atoms with Crippen molar-refractivity contribution in [2.24, 2.45) is 0 Å². The lowest BCUT2D eigenvalue weighted by Crippen LogP contribution is -2.13. The van der Waals surface area contributed by atoms with Gasteiger partial charge >= 0.3 is 0 Å². The summed E-state index contributed by atoms with van der Waals surface area (Å²) < 4.78 is 7.49. The largest absolute Gasteiger partial charge is 0.487 e. The summed E-state index contributed by atoms with van der Waals surface area (Å²) in [6.45, 7) is 4.12. The van der Waals surface area contributed by atoms with E-state index in [1.165, 1.54) is 18.2 Å². The van der Waals surface area contributed by atoms with Crippen LogP contribution in [0, 0.1) is 42.4 Å². The number of hydrogen-bond donors (Lipinski definition) is 1. The third-order valence-electron chi connectivity index (χ3n) is 4.97. The van der Waals surface area contributed by atoms with Crippen molar-refractivity contribution in [3.05, 3.63) is 99.7 Å². The van der Waals surface area contributed by atoms with E-state index in [1.54, 1.807) is 18.2 Å². The third kappa shape index (κ3) is 6.54. The lowest BCUT2D eigenvalue weighted by Gasteiger charge is -2.12. The van der Waals surface area contributed by atoms with Gasteiger partial charge in [0.1, 0.15) is 24.0 Å². The van der Waals surface area contributed by atoms with E-state index < -0.39 is 10.8 Å². The van der Waals surface area contributed by atoms with Crippen molar-refractivity contribution >= 4 is 68.5 Å². The van der Waals surface area contributed by atoms with Crippen molar-refractivity contribution in [1.82, 2.24) is 0 Å². The van der Waals surface area contributed by atoms with E-state index in [-0.39, 0.29) is 17.9 Å². The van der Waals surface area contributed by atoms with Crippen LogP contribution >= 0.6 is 45.2 Å². The summed E-state index contributed by atoms with van der Waals surface area (Å²) in [5.41, 5.74) is 4.14. The van der Waals surface area contributed by atoms with Crippen LogP contribution in [0.2, 0.25) is 0 Å². The number of nitro benzene ring substituents is 1. The standard InChI is InChI=1S/C25H19I2N3O4/c1-15-6-7-20(8-16(15)2)29-25(31)19(13-28)9-18-11-22(26)24(23(27)12-18)34-14-17-4-3-5-21(10-17)30(32)33/h3-12H,14H2,1-2H3,(H,29,31)/b19-9+. The molecule has 3 rings (SSSR count). The normalized spacial score (nSPS) is 11.0. The summed E-state index contributed by atoms with van der Waals surface area (Å²) >= 11 is 4.24. The van der Waals surface area contributed by atoms with Gasteiger partial charge in [0.25, 0.3) is 11.6 Å². The van der Waals surface area contributed by atoms with E-state index in [1.807, 2.05) is 44.2 Å². The van der Waals surface area contributed by atoms with Gasteiger partial charge in [-0.1, -0.05) is 18.2 Å². The molecule has 3 aromatic rings. The molecule has 0 fully saturated rings. The number of hydrogen-bond acceptors (Lipinski definition) is 5. The molecule has 0 unspecified atom stereocenters. The van der Waals surface area contributed by atoms with Crippen LogP contribution in [0.4, 0.5) is 11.4 Å². The summed E-state index contributed by atoms with van der Waals surface area (Å²) in [7, 11) is 0. The number of ether oxygens (including phenoxy) is 1. The van der Waals surface area contributed by atoms with Crippen LogP contribution in [0.1, 0.15) is 22.3 Å². The highest BCUT2D eigenvalue weighted by atomic mass is 127. The number of halogens is 2. The first-order chi connectivity index (χ1) is 16.2. The van der Waals surface area contributed by atoms with Crippen molar-refractivity contribution < 1.29 is 14.5 Å². The Morgan fingerprint density at radius 2 is 1.82 bits per heavy atom. The van der Waals surface area contributed by atoms with Gasteiger partial charge in [-0.05, 0) is 112 Å². The number of carbonyl (C=O) groups is 1. The molecule has 0 saturated heterocycles. The smallest absolute Gasteiger partial charge is 0.269 e. The molecule has 0 aliphatic rings. The zero-order valence-electron chi connectivity index (χ0n) is 18.3. The zero-order valence-corrected chi connectivity index (χ0v) is 22.6. The van der Waals surface area contributed by atoms with Crippen LogP contribution < -0.4 is 10.1 Å². The average Bonchev–Trinajstić information content (AvgIpc) is 2.79. The average molecular weight is 679 g/mol. The van der Waals surface area contributed by atoms with Gasteiger partial charge in [-0.15, -0.1) is 0 Å². The Bertz CT molecular complexity index is 1320. The first-order valence-electron chi connectivity index (χ1n) is 10.0. The van der Waals surface area contributed by atoms with E-state index in [9.17, 15) is 20.2 Å². The molecule has 1 amide bonds. The number of non-ortho nitro benzene ring substituents is 1. The monoisotopic (exact) mass is 679 g/mol. The number of amides is 1. The van der Waals surface area contributed by atoms with Crippen molar-refractivity contribution in [2.45, 2.75) is 20.5 Å². The molecular formula is C25H19I2N3O4. The number of nitrogens with one attached hydrogen (secondary N) is 1. The maximum atomic E-state index is 12.6. The summed E-state index contributed by atoms with van der Waals surface area (Å²) in [6.07, 6.45) is 1.53. The maximum Gasteiger partial charge on any atom is 0.269 e. The summed E-state index contributed by atoms with van der Waals surface area (Å²) in [6, 6.07) is 17.5. The van der Waals surface area contributed by atoms with Crippen molar-refractivity contribution in [2.75, 3.05) is 5.32 Å². The van der Waals surface area contributed by atoms with Gasteiger partial charge in [-0.25, -0.2) is 0 Å². The van der Waals surface area contributed by atoms with Crippen LogP contribution in [0.15, 0.2) is 60.2 Å². The molecule has 1 N–H and O–H groups in total. The molecule has 0 atom stereocenters. The van der Waals surface area contributed by atoms with Crippen molar-refractivity contribution in [1.29, 1.82) is 5.26 Å². The van der Waals surface area contributed by atoms with E-state index >= 15 is 0 Å². The fourth-order valence-electron chi connectivity index (χ4n) is 3.05. The summed E-state index contributed by atoms with van der Waals surface area (Å²) in [5.74, 6) is 0.143. The Morgan fingerprint density at radius 3 is 2.44 bits per heavy atom. The Labute approximate surface area is 224 Å². The molecule has 0 heterocycles. The Kier molecular flexibility index (Phi) is 8.62. The Hall–Kier alpha value is -2.98. The molecular weight excluding hydrogens is 660 g/mol. The van der Waals surface area contributed by atoms with Crippen LogP contribution in [0.3, 0.4) is 0 Å². The van der Waals surface area contributed by atoms with Crippen LogP contribution in [0.25, 0.3) is 6.08 Å². The predicted octanol–water partition coefficient (Wildman–Crippen LogP) is 6.55. The topological polar surface area (TPSA) is 105 Å². The Balaban J connectivity index is 1.77. The SMILES string of the molecule is Cc1ccc(NC(=O)/C(C#N)=C/c2cc(I)c(OCc3cccc([N+](=O)[O-])c3)c(I)c2)cc1C. The first kappa shape index (κ1) is 25.6. The molecule has 7 nitrogen and oxygen atoms in total. The summed E-state index contributed by atoms with van der Waals surface area (Å²) in [5, 5.41) is 23.3. The van der Waals surface area contributed by atoms with Crippen LogP contribution in [0.5, 0.6) is 5.75 Å². The molecule has 0 radical (unpaired) electrons. The maximum absolute atomic E-state index is 12.6. The molecule has 0 bridgehead atoms. The van der Waals surface area contributed by atoms with Crippen molar-refractivity contribution in [3.63, 3.8) is 0 Å². The molecule has 0 aliphatic carbocycles. The number of aryl methyl sites for hydroxylation is 2. The van der Waals surface area contributed by atoms with Crippen LogP contribution in [-0.2, 0) is 11.4 Å². The van der Waals surface area contributed by atoms with E-state index in [0.717, 1.165) is 18.3 Å². The molecule has 0 saturated carbocycles. The fourth-order valence-corrected chi connectivity index (χ4v) is 5.18. The quantitative estimate of drug-likeness (QED) is 0.100. The van der Waals surface area contributed by atoms with Crippen LogP contribution in [-0.4, -0.2) is 10.8 Å². The molecule has 172 valence electrons. The molecule has 34 heavy (non-hydrogen) atoms. The molecule has 0 spiro atoms. The van der Waals surface area contributed by atoms with E-state index in [2.05, 4.69) is 50.5 Å². The van der Waals surface area contributed by atoms with Gasteiger partial charge in [-0.2, -0.15) is 5.26 Å². The Morgan fingerprint density at radius 1 is 1.12 bits per heavy atom. The fraction of sp³-hybridized carbons (Fsp3) is 0.120. The number of rotatable bonds is 7. The summed E-state index contributed by atoms with van der Waals surface area (Å²) in [4.78, 5) is 23.2. The van der Waals surface area contributed by atoms with Gasteiger partial charge < -0.3 is 10.1 Å². The highest BCUT2D eigenvalue weighted by molar-refractivity contribution is 14.1. The number of anilines is 1. The minimum atomic E-state index is -0.484. The number of benzene rings is 3. The van der Waals surface area contributed by atoms with Gasteiger partial charge in [0, 0.05) is 17.8 Å². The number of carbonyl (C=O) groups excluding carboxylic acids is 1. The second kappa shape index (κ2) is 11.4. The van der Waals surface area contributed by atoms with Gasteiger partial charge in [-0.3, -0.25) is 14.9 Å². The zero-order chi connectivity index (χ0) is 24.8. The number of nitro groups is 1. The van der Waals surface area contributed by atoms with E-state index in [4.69, 9.17) is 4.74 Å². The van der Waals surface area contributed by atoms with Crippen molar-refractivity contribution in [3.8, 4) is 11.8 Å². The van der Waals surface area contributed by atoms with Gasteiger partial charge in [0.2, 0.25) is 0 Å². The third-order valence-corrected chi connectivity index (χ3v) is 6.57. The number of nitrogens with zero attached hydrogens (tertiary/aromatic N) is 2. The first-order valence-corrected chi connectivity index (χ1v) is 12.2. The van der Waals surface area contributed by atoms with Gasteiger partial charge in [0.05, 0.1) is 12.1 Å². The predicted molar refractivity (Wildman–Crippen MR) is 147 cm³/mol. The lowest BCUT2D eigenvalue weighted by atomic mass is 10.1. The van der Waals surface area contributed by atoms with Gasteiger partial charge in [0.15, 0.2) is 0 Å². The molecule has 9 heteroatoms. The minimum absolute atomic E-state index is 0.00841. The number of nitriles is 1. The molecule has 0 aliphatic heterocycles. The van der Waals surface area contributed by atoms with E-state index in [0.29, 0.717) is 22.6 Å². The highest BCUT2D eigenvalue weighted by Gasteiger charge is 2.14. The second-order valence-electron chi connectivity index (χ2n) is 7.45. The molecule has 0 aromatic heterocycles. The lowest BCUT2D eigenvalue weighted by molar-refractivity contribution is -0.384. The highest BCUT2D eigenvalue weighted by Crippen LogP contribution is 2.31. The minimum Gasteiger partial charge on any atom is -0.487 e.